The highest BCUT2D eigenvalue weighted by Gasteiger charge is 2.19. The van der Waals surface area contributed by atoms with Crippen LogP contribution < -0.4 is 5.69 Å². The van der Waals surface area contributed by atoms with E-state index in [4.69, 9.17) is 0 Å². The SMILES string of the molecule is CCCC(CCC)n1c(=O)n(CC(C)=O)c2ccccc21. The number of benzene rings is 1. The van der Waals surface area contributed by atoms with E-state index in [1.807, 2.05) is 28.8 Å². The summed E-state index contributed by atoms with van der Waals surface area (Å²) in [6.45, 7) is 5.95. The predicted octanol–water partition coefficient (Wildman–Crippen LogP) is 3.53. The molecule has 114 valence electrons. The number of hydrogen-bond acceptors (Lipinski definition) is 2. The molecule has 0 spiro atoms. The van der Waals surface area contributed by atoms with Crippen LogP contribution in [0.4, 0.5) is 0 Å². The normalized spacial score (nSPS) is 11.4. The lowest BCUT2D eigenvalue weighted by molar-refractivity contribution is -0.117. The molecule has 4 nitrogen and oxygen atoms in total. The Bertz CT molecular complexity index is 676. The van der Waals surface area contributed by atoms with E-state index in [1.54, 1.807) is 4.57 Å². The summed E-state index contributed by atoms with van der Waals surface area (Å²) in [4.78, 5) is 24.3. The second-order valence-corrected chi connectivity index (χ2v) is 5.66. The largest absolute Gasteiger partial charge is 0.329 e. The summed E-state index contributed by atoms with van der Waals surface area (Å²) in [6, 6.07) is 7.98. The van der Waals surface area contributed by atoms with Gasteiger partial charge in [0.15, 0.2) is 0 Å². The van der Waals surface area contributed by atoms with E-state index in [-0.39, 0.29) is 24.1 Å². The van der Waals surface area contributed by atoms with Gasteiger partial charge in [0.05, 0.1) is 17.6 Å². The molecule has 0 unspecified atom stereocenters. The topological polar surface area (TPSA) is 44.0 Å². The summed E-state index contributed by atoms with van der Waals surface area (Å²) in [5.74, 6) is 0.00235. The molecule has 0 saturated carbocycles. The van der Waals surface area contributed by atoms with Crippen molar-refractivity contribution in [1.82, 2.24) is 9.13 Å². The van der Waals surface area contributed by atoms with Gasteiger partial charge in [-0.3, -0.25) is 13.9 Å². The number of rotatable bonds is 7. The van der Waals surface area contributed by atoms with E-state index in [1.165, 1.54) is 6.92 Å². The van der Waals surface area contributed by atoms with Crippen LogP contribution >= 0.6 is 0 Å². The third kappa shape index (κ3) is 3.09. The maximum atomic E-state index is 12.8. The standard InChI is InChI=1S/C17H24N2O2/c1-4-8-14(9-5-2)19-16-11-7-6-10-15(16)18(17(19)21)12-13(3)20/h6-7,10-11,14H,4-5,8-9,12H2,1-3H3. The van der Waals surface area contributed by atoms with Crippen molar-refractivity contribution < 1.29 is 4.79 Å². The monoisotopic (exact) mass is 288 g/mol. The van der Waals surface area contributed by atoms with E-state index in [9.17, 15) is 9.59 Å². The fraction of sp³-hybridized carbons (Fsp3) is 0.529. The second kappa shape index (κ2) is 6.74. The third-order valence-electron chi connectivity index (χ3n) is 3.86. The first kappa shape index (κ1) is 15.5. The lowest BCUT2D eigenvalue weighted by Crippen LogP contribution is -2.29. The first-order chi connectivity index (χ1) is 10.1. The quantitative estimate of drug-likeness (QED) is 0.782. The second-order valence-electron chi connectivity index (χ2n) is 5.66. The molecule has 0 aliphatic rings. The summed E-state index contributed by atoms with van der Waals surface area (Å²) < 4.78 is 3.50. The zero-order valence-electron chi connectivity index (χ0n) is 13.1. The van der Waals surface area contributed by atoms with Crippen LogP contribution in [0.2, 0.25) is 0 Å². The van der Waals surface area contributed by atoms with E-state index >= 15 is 0 Å². The highest BCUT2D eigenvalue weighted by atomic mass is 16.2. The number of aromatic nitrogens is 2. The number of ketones is 1. The molecule has 1 heterocycles. The zero-order chi connectivity index (χ0) is 15.4. The van der Waals surface area contributed by atoms with Crippen LogP contribution in [-0.4, -0.2) is 14.9 Å². The van der Waals surface area contributed by atoms with Gasteiger partial charge in [-0.25, -0.2) is 4.79 Å². The van der Waals surface area contributed by atoms with Gasteiger partial charge in [-0.15, -0.1) is 0 Å². The van der Waals surface area contributed by atoms with Crippen molar-refractivity contribution in [2.24, 2.45) is 0 Å². The Kier molecular flexibility index (Phi) is 4.99. The molecule has 0 atom stereocenters. The number of imidazole rings is 1. The van der Waals surface area contributed by atoms with Crippen molar-refractivity contribution in [3.63, 3.8) is 0 Å². The van der Waals surface area contributed by atoms with Gasteiger partial charge in [-0.1, -0.05) is 38.8 Å². The van der Waals surface area contributed by atoms with Gasteiger partial charge in [0.1, 0.15) is 5.78 Å². The Hall–Kier alpha value is -1.84. The average molecular weight is 288 g/mol. The Morgan fingerprint density at radius 3 is 2.19 bits per heavy atom. The maximum absolute atomic E-state index is 12.8. The molecule has 2 rings (SSSR count). The van der Waals surface area contributed by atoms with Crippen LogP contribution in [0, 0.1) is 0 Å². The summed E-state index contributed by atoms with van der Waals surface area (Å²) in [5, 5.41) is 0. The van der Waals surface area contributed by atoms with Crippen molar-refractivity contribution in [3.05, 3.63) is 34.7 Å². The lowest BCUT2D eigenvalue weighted by atomic mass is 10.1. The first-order valence-corrected chi connectivity index (χ1v) is 7.79. The summed E-state index contributed by atoms with van der Waals surface area (Å²) in [5.41, 5.74) is 1.74. The molecule has 1 aromatic carbocycles. The van der Waals surface area contributed by atoms with Gasteiger partial charge in [-0.05, 0) is 31.9 Å². The number of carbonyl (C=O) groups excluding carboxylic acids is 1. The number of nitrogens with zero attached hydrogens (tertiary/aromatic N) is 2. The number of hydrogen-bond donors (Lipinski definition) is 0. The van der Waals surface area contributed by atoms with Crippen molar-refractivity contribution in [3.8, 4) is 0 Å². The number of fused-ring (bicyclic) bond motifs is 1. The number of carbonyl (C=O) groups is 1. The summed E-state index contributed by atoms with van der Waals surface area (Å²) in [6.07, 6.45) is 4.07. The molecule has 0 aliphatic heterocycles. The van der Waals surface area contributed by atoms with Gasteiger partial charge in [0, 0.05) is 6.04 Å². The van der Waals surface area contributed by atoms with Gasteiger partial charge < -0.3 is 0 Å². The Labute approximate surface area is 125 Å². The molecule has 4 heteroatoms. The molecule has 0 aliphatic carbocycles. The minimum atomic E-state index is -0.0571. The van der Waals surface area contributed by atoms with Crippen molar-refractivity contribution >= 4 is 16.8 Å². The molecule has 0 radical (unpaired) electrons. The van der Waals surface area contributed by atoms with Crippen LogP contribution in [0.25, 0.3) is 11.0 Å². The predicted molar refractivity (Wildman–Crippen MR) is 85.7 cm³/mol. The highest BCUT2D eigenvalue weighted by Crippen LogP contribution is 2.24. The van der Waals surface area contributed by atoms with E-state index in [2.05, 4.69) is 13.8 Å². The molecule has 0 N–H and O–H groups in total. The summed E-state index contributed by atoms with van der Waals surface area (Å²) in [7, 11) is 0. The Balaban J connectivity index is 2.64. The van der Waals surface area contributed by atoms with E-state index < -0.39 is 0 Å². The fourth-order valence-corrected chi connectivity index (χ4v) is 3.03. The molecule has 2 aromatic rings. The molecule has 1 aromatic heterocycles. The molecule has 0 amide bonds. The molecule has 0 saturated heterocycles. The van der Waals surface area contributed by atoms with E-state index in [0.717, 1.165) is 36.7 Å². The number of para-hydroxylation sites is 2. The van der Waals surface area contributed by atoms with Gasteiger partial charge in [-0.2, -0.15) is 0 Å². The van der Waals surface area contributed by atoms with Crippen molar-refractivity contribution in [1.29, 1.82) is 0 Å². The number of Topliss-reactive ketones (excluding diaryl/α,β-unsaturated/α-hetero) is 1. The highest BCUT2D eigenvalue weighted by molar-refractivity contribution is 5.80. The van der Waals surface area contributed by atoms with Crippen LogP contribution in [-0.2, 0) is 11.3 Å². The lowest BCUT2D eigenvalue weighted by Gasteiger charge is -2.17. The average Bonchev–Trinajstić information content (AvgIpc) is 2.71. The smallest absolute Gasteiger partial charge is 0.298 e. The zero-order valence-corrected chi connectivity index (χ0v) is 13.1. The van der Waals surface area contributed by atoms with Crippen LogP contribution in [0.15, 0.2) is 29.1 Å². The summed E-state index contributed by atoms with van der Waals surface area (Å²) >= 11 is 0. The van der Waals surface area contributed by atoms with Crippen molar-refractivity contribution in [2.45, 2.75) is 59.0 Å². The maximum Gasteiger partial charge on any atom is 0.329 e. The molecular formula is C17H24N2O2. The van der Waals surface area contributed by atoms with Gasteiger partial charge >= 0.3 is 5.69 Å². The molecule has 0 bridgehead atoms. The van der Waals surface area contributed by atoms with E-state index in [0.29, 0.717) is 0 Å². The minimum absolute atomic E-state index is 0.00235. The first-order valence-electron chi connectivity index (χ1n) is 7.79. The Morgan fingerprint density at radius 2 is 1.67 bits per heavy atom. The fourth-order valence-electron chi connectivity index (χ4n) is 3.03. The molecular weight excluding hydrogens is 264 g/mol. The Morgan fingerprint density at radius 1 is 1.10 bits per heavy atom. The van der Waals surface area contributed by atoms with Crippen LogP contribution in [0.3, 0.4) is 0 Å². The van der Waals surface area contributed by atoms with Gasteiger partial charge in [0.2, 0.25) is 0 Å². The van der Waals surface area contributed by atoms with Crippen LogP contribution in [0.1, 0.15) is 52.5 Å². The third-order valence-corrected chi connectivity index (χ3v) is 3.86. The van der Waals surface area contributed by atoms with Gasteiger partial charge in [0.25, 0.3) is 0 Å². The van der Waals surface area contributed by atoms with Crippen LogP contribution in [0.5, 0.6) is 0 Å². The molecule has 0 fully saturated rings. The minimum Gasteiger partial charge on any atom is -0.298 e. The molecule has 21 heavy (non-hydrogen) atoms. The van der Waals surface area contributed by atoms with Crippen molar-refractivity contribution in [2.75, 3.05) is 0 Å².